The van der Waals surface area contributed by atoms with Crippen molar-refractivity contribution in [3.05, 3.63) is 23.8 Å². The number of hydrogen-bond acceptors (Lipinski definition) is 5. The number of likely N-dealkylation sites (tertiary alicyclic amines) is 1. The van der Waals surface area contributed by atoms with Crippen LogP contribution in [-0.4, -0.2) is 65.5 Å². The number of nitrogens with one attached hydrogen (secondary N) is 1. The Labute approximate surface area is 158 Å². The van der Waals surface area contributed by atoms with Gasteiger partial charge in [0.15, 0.2) is 5.82 Å². The maximum atomic E-state index is 12.1. The highest BCUT2D eigenvalue weighted by molar-refractivity contribution is 6.08. The SMILES string of the molecule is CN1CCC(c2ccc3c(N4CCC(=O)NC4=O)nn(C)c3c2)CC1.CO. The number of anilines is 1. The molecule has 2 N–H and O–H groups in total. The Morgan fingerprint density at radius 1 is 1.11 bits per heavy atom. The van der Waals surface area contributed by atoms with Crippen LogP contribution >= 0.6 is 0 Å². The highest BCUT2D eigenvalue weighted by Gasteiger charge is 2.28. The molecule has 2 aromatic rings. The first-order valence-corrected chi connectivity index (χ1v) is 9.24. The van der Waals surface area contributed by atoms with Gasteiger partial charge in [0.1, 0.15) is 0 Å². The Morgan fingerprint density at radius 3 is 2.48 bits per heavy atom. The van der Waals surface area contributed by atoms with Crippen molar-refractivity contribution in [2.75, 3.05) is 38.7 Å². The summed E-state index contributed by atoms with van der Waals surface area (Å²) in [6, 6.07) is 6.04. The van der Waals surface area contributed by atoms with E-state index in [1.54, 1.807) is 4.90 Å². The number of nitrogens with zero attached hydrogens (tertiary/aromatic N) is 4. The van der Waals surface area contributed by atoms with Gasteiger partial charge in [0, 0.05) is 32.5 Å². The highest BCUT2D eigenvalue weighted by Crippen LogP contribution is 2.33. The van der Waals surface area contributed by atoms with Gasteiger partial charge in [-0.1, -0.05) is 6.07 Å². The minimum atomic E-state index is -0.393. The minimum Gasteiger partial charge on any atom is -0.400 e. The Bertz CT molecular complexity index is 839. The molecule has 0 radical (unpaired) electrons. The fraction of sp³-hybridized carbons (Fsp3) is 0.526. The third-order valence-electron chi connectivity index (χ3n) is 5.36. The summed E-state index contributed by atoms with van der Waals surface area (Å²) in [6.07, 6.45) is 2.64. The zero-order valence-electron chi connectivity index (χ0n) is 16.1. The van der Waals surface area contributed by atoms with Gasteiger partial charge in [0.2, 0.25) is 5.91 Å². The second-order valence-electron chi connectivity index (χ2n) is 7.06. The maximum Gasteiger partial charge on any atom is 0.329 e. The molecule has 1 aromatic heterocycles. The molecule has 2 saturated heterocycles. The van der Waals surface area contributed by atoms with E-state index in [2.05, 4.69) is 40.6 Å². The van der Waals surface area contributed by atoms with Crippen LogP contribution in [0, 0.1) is 0 Å². The fourth-order valence-corrected chi connectivity index (χ4v) is 3.82. The second kappa shape index (κ2) is 8.06. The topological polar surface area (TPSA) is 90.7 Å². The number of amides is 3. The van der Waals surface area contributed by atoms with Crippen molar-refractivity contribution in [2.24, 2.45) is 7.05 Å². The van der Waals surface area contributed by atoms with Gasteiger partial charge >= 0.3 is 6.03 Å². The van der Waals surface area contributed by atoms with Gasteiger partial charge in [-0.15, -0.1) is 0 Å². The third kappa shape index (κ3) is 3.81. The number of benzene rings is 1. The summed E-state index contributed by atoms with van der Waals surface area (Å²) in [4.78, 5) is 27.4. The van der Waals surface area contributed by atoms with E-state index in [0.29, 0.717) is 24.7 Å². The van der Waals surface area contributed by atoms with Gasteiger partial charge in [0.25, 0.3) is 0 Å². The number of rotatable bonds is 2. The van der Waals surface area contributed by atoms with Crippen LogP contribution < -0.4 is 10.2 Å². The van der Waals surface area contributed by atoms with Crippen LogP contribution in [0.4, 0.5) is 10.6 Å². The van der Waals surface area contributed by atoms with Crippen LogP contribution in [0.5, 0.6) is 0 Å². The van der Waals surface area contributed by atoms with E-state index < -0.39 is 6.03 Å². The first-order valence-electron chi connectivity index (χ1n) is 9.24. The van der Waals surface area contributed by atoms with Crippen molar-refractivity contribution in [1.82, 2.24) is 20.0 Å². The lowest BCUT2D eigenvalue weighted by Gasteiger charge is -2.29. The molecule has 8 heteroatoms. The maximum absolute atomic E-state index is 12.1. The van der Waals surface area contributed by atoms with E-state index >= 15 is 0 Å². The Morgan fingerprint density at radius 2 is 1.81 bits per heavy atom. The number of urea groups is 1. The van der Waals surface area contributed by atoms with Crippen LogP contribution in [0.3, 0.4) is 0 Å². The molecular formula is C19H27N5O3. The molecule has 0 atom stereocenters. The molecule has 8 nitrogen and oxygen atoms in total. The van der Waals surface area contributed by atoms with Crippen molar-refractivity contribution in [2.45, 2.75) is 25.2 Å². The molecule has 2 aliphatic rings. The Kier molecular flexibility index (Phi) is 5.76. The number of piperidine rings is 1. The van der Waals surface area contributed by atoms with Gasteiger partial charge in [-0.05, 0) is 56.6 Å². The van der Waals surface area contributed by atoms with Crippen molar-refractivity contribution >= 4 is 28.7 Å². The second-order valence-corrected chi connectivity index (χ2v) is 7.06. The molecule has 2 fully saturated rings. The van der Waals surface area contributed by atoms with Crippen molar-refractivity contribution < 1.29 is 14.7 Å². The van der Waals surface area contributed by atoms with Crippen molar-refractivity contribution in [1.29, 1.82) is 0 Å². The van der Waals surface area contributed by atoms with Crippen molar-refractivity contribution in [3.63, 3.8) is 0 Å². The number of fused-ring (bicyclic) bond motifs is 1. The predicted octanol–water partition coefficient (Wildman–Crippen LogP) is 1.44. The molecule has 1 aromatic carbocycles. The zero-order chi connectivity index (χ0) is 19.6. The Balaban J connectivity index is 0.00000102. The number of aryl methyl sites for hydroxylation is 1. The first-order chi connectivity index (χ1) is 13.0. The number of aliphatic hydroxyl groups excluding tert-OH is 1. The first kappa shape index (κ1) is 19.3. The molecule has 27 heavy (non-hydrogen) atoms. The molecule has 2 aliphatic heterocycles. The summed E-state index contributed by atoms with van der Waals surface area (Å²) in [6.45, 7) is 2.62. The molecular weight excluding hydrogens is 346 g/mol. The Hall–Kier alpha value is -2.45. The van der Waals surface area contributed by atoms with E-state index in [9.17, 15) is 9.59 Å². The highest BCUT2D eigenvalue weighted by atomic mass is 16.2. The normalized spacial score (nSPS) is 19.0. The predicted molar refractivity (Wildman–Crippen MR) is 104 cm³/mol. The number of imide groups is 1. The summed E-state index contributed by atoms with van der Waals surface area (Å²) >= 11 is 0. The average molecular weight is 373 g/mol. The zero-order valence-corrected chi connectivity index (χ0v) is 16.1. The van der Waals surface area contributed by atoms with E-state index in [4.69, 9.17) is 5.11 Å². The molecule has 0 bridgehead atoms. The summed E-state index contributed by atoms with van der Waals surface area (Å²) in [5.74, 6) is 0.971. The third-order valence-corrected chi connectivity index (χ3v) is 5.36. The molecule has 0 spiro atoms. The number of carbonyl (C=O) groups excluding carboxylic acids is 2. The van der Waals surface area contributed by atoms with Crippen LogP contribution in [0.2, 0.25) is 0 Å². The lowest BCUT2D eigenvalue weighted by molar-refractivity contribution is -0.120. The molecule has 0 saturated carbocycles. The van der Waals surface area contributed by atoms with Gasteiger partial charge < -0.3 is 10.0 Å². The molecule has 3 amide bonds. The minimum absolute atomic E-state index is 0.231. The summed E-state index contributed by atoms with van der Waals surface area (Å²) in [7, 11) is 5.07. The smallest absolute Gasteiger partial charge is 0.329 e. The van der Waals surface area contributed by atoms with E-state index in [1.165, 1.54) is 18.4 Å². The quantitative estimate of drug-likeness (QED) is 0.831. The van der Waals surface area contributed by atoms with Gasteiger partial charge in [0.05, 0.1) is 5.52 Å². The summed E-state index contributed by atoms with van der Waals surface area (Å²) in [5, 5.41) is 14.9. The lowest BCUT2D eigenvalue weighted by atomic mass is 9.89. The van der Waals surface area contributed by atoms with Crippen LogP contribution in [-0.2, 0) is 11.8 Å². The molecule has 3 heterocycles. The van der Waals surface area contributed by atoms with E-state index in [-0.39, 0.29) is 5.91 Å². The number of aromatic nitrogens is 2. The molecule has 0 aliphatic carbocycles. The lowest BCUT2D eigenvalue weighted by Crippen LogP contribution is -2.49. The monoisotopic (exact) mass is 373 g/mol. The van der Waals surface area contributed by atoms with Gasteiger partial charge in [-0.2, -0.15) is 5.10 Å². The van der Waals surface area contributed by atoms with Crippen LogP contribution in [0.1, 0.15) is 30.7 Å². The largest absolute Gasteiger partial charge is 0.400 e. The molecule has 4 rings (SSSR count). The molecule has 146 valence electrons. The number of aliphatic hydroxyl groups is 1. The van der Waals surface area contributed by atoms with E-state index in [1.807, 2.05) is 11.7 Å². The van der Waals surface area contributed by atoms with Gasteiger partial charge in [-0.25, -0.2) is 4.79 Å². The summed E-state index contributed by atoms with van der Waals surface area (Å²) < 4.78 is 1.83. The van der Waals surface area contributed by atoms with E-state index in [0.717, 1.165) is 31.1 Å². The van der Waals surface area contributed by atoms with Gasteiger partial charge in [-0.3, -0.25) is 19.7 Å². The fourth-order valence-electron chi connectivity index (χ4n) is 3.82. The molecule has 0 unspecified atom stereocenters. The number of hydrogen-bond donors (Lipinski definition) is 2. The number of carbonyl (C=O) groups is 2. The average Bonchev–Trinajstić information content (AvgIpc) is 3.00. The van der Waals surface area contributed by atoms with Crippen LogP contribution in [0.25, 0.3) is 10.9 Å². The standard InChI is InChI=1S/C18H23N5O2.CH4O/c1-21-8-5-12(6-9-21)13-3-4-14-15(11-13)22(2)20-17(14)23-10-7-16(24)19-18(23)25;1-2/h3-4,11-12H,5-10H2,1-2H3,(H,19,24,25);2H,1H3. The van der Waals surface area contributed by atoms with Crippen molar-refractivity contribution in [3.8, 4) is 0 Å². The summed E-state index contributed by atoms with van der Waals surface area (Å²) in [5.41, 5.74) is 2.37. The van der Waals surface area contributed by atoms with Crippen LogP contribution in [0.15, 0.2) is 18.2 Å².